The number of thioether (sulfide) groups is 1. The smallest absolute Gasteiger partial charge is 0.336 e. The maximum Gasteiger partial charge on any atom is 0.336 e. The minimum absolute atomic E-state index is 0.0658. The molecule has 1 aromatic heterocycles. The Morgan fingerprint density at radius 3 is 2.71 bits per heavy atom. The van der Waals surface area contributed by atoms with E-state index in [0.717, 1.165) is 0 Å². The molecule has 1 saturated heterocycles. The van der Waals surface area contributed by atoms with Crippen LogP contribution >= 0.6 is 11.8 Å². The van der Waals surface area contributed by atoms with Crippen LogP contribution in [0.2, 0.25) is 0 Å². The average molecular weight is 300 g/mol. The molecule has 1 aliphatic heterocycles. The summed E-state index contributed by atoms with van der Waals surface area (Å²) in [6.07, 6.45) is 1.62. The van der Waals surface area contributed by atoms with E-state index >= 15 is 0 Å². The molecule has 0 radical (unpaired) electrons. The Morgan fingerprint density at radius 2 is 2.00 bits per heavy atom. The Kier molecular flexibility index (Phi) is 3.62. The first kappa shape index (κ1) is 13.6. The van der Waals surface area contributed by atoms with Crippen LogP contribution in [0, 0.1) is 0 Å². The topological polar surface area (TPSA) is 70.5 Å². The van der Waals surface area contributed by atoms with Crippen LogP contribution in [0.3, 0.4) is 0 Å². The van der Waals surface area contributed by atoms with Crippen molar-refractivity contribution in [3.63, 3.8) is 0 Å². The van der Waals surface area contributed by atoms with E-state index in [9.17, 15) is 14.7 Å². The van der Waals surface area contributed by atoms with Crippen molar-refractivity contribution in [2.75, 3.05) is 10.7 Å². The van der Waals surface area contributed by atoms with Crippen molar-refractivity contribution >= 4 is 29.5 Å². The number of carboxylic acids is 1. The Bertz CT molecular complexity index is 690. The number of hydrogen-bond acceptors (Lipinski definition) is 4. The summed E-state index contributed by atoms with van der Waals surface area (Å²) in [6, 6.07) is 12.1. The lowest BCUT2D eigenvalue weighted by molar-refractivity contribution is -0.115. The lowest BCUT2D eigenvalue weighted by Gasteiger charge is -2.24. The monoisotopic (exact) mass is 300 g/mol. The van der Waals surface area contributed by atoms with Crippen LogP contribution in [-0.2, 0) is 4.79 Å². The first-order valence-corrected chi connectivity index (χ1v) is 7.40. The third kappa shape index (κ3) is 2.50. The summed E-state index contributed by atoms with van der Waals surface area (Å²) >= 11 is 1.41. The molecule has 1 unspecified atom stereocenters. The molecule has 1 aromatic carbocycles. The number of rotatable bonds is 3. The van der Waals surface area contributed by atoms with Gasteiger partial charge in [-0.3, -0.25) is 9.69 Å². The molecule has 21 heavy (non-hydrogen) atoms. The fourth-order valence-corrected chi connectivity index (χ4v) is 3.50. The van der Waals surface area contributed by atoms with Gasteiger partial charge in [0.15, 0.2) is 0 Å². The maximum atomic E-state index is 12.2. The predicted octanol–water partition coefficient (Wildman–Crippen LogP) is 2.56. The number of nitrogens with zero attached hydrogens (tertiary/aromatic N) is 2. The summed E-state index contributed by atoms with van der Waals surface area (Å²) in [5, 5.41) is 8.96. The molecule has 1 fully saturated rings. The molecule has 0 saturated carbocycles. The zero-order valence-electron chi connectivity index (χ0n) is 11.0. The standard InChI is InChI=1S/C15H12N2O3S/c18-13-9-21-14(17(13)12-7-3-4-8-16-12)10-5-1-2-6-11(10)15(19)20/h1-8,14H,9H2,(H,19,20). The van der Waals surface area contributed by atoms with Gasteiger partial charge in [0.2, 0.25) is 5.91 Å². The number of anilines is 1. The second kappa shape index (κ2) is 5.57. The Morgan fingerprint density at radius 1 is 1.24 bits per heavy atom. The second-order valence-electron chi connectivity index (χ2n) is 4.51. The van der Waals surface area contributed by atoms with Gasteiger partial charge in [-0.2, -0.15) is 0 Å². The molecule has 0 aliphatic carbocycles. The van der Waals surface area contributed by atoms with Crippen LogP contribution in [0.5, 0.6) is 0 Å². The molecule has 3 rings (SSSR count). The molecule has 1 aliphatic rings. The van der Waals surface area contributed by atoms with Gasteiger partial charge in [-0.15, -0.1) is 11.8 Å². The van der Waals surface area contributed by atoms with E-state index in [1.807, 2.05) is 0 Å². The minimum Gasteiger partial charge on any atom is -0.478 e. The van der Waals surface area contributed by atoms with Crippen molar-refractivity contribution in [1.82, 2.24) is 4.98 Å². The number of pyridine rings is 1. The lowest BCUT2D eigenvalue weighted by Crippen LogP contribution is -2.29. The lowest BCUT2D eigenvalue weighted by atomic mass is 10.1. The summed E-state index contributed by atoms with van der Waals surface area (Å²) in [4.78, 5) is 29.3. The van der Waals surface area contributed by atoms with Crippen LogP contribution in [0.15, 0.2) is 48.7 Å². The number of hydrogen-bond donors (Lipinski definition) is 1. The van der Waals surface area contributed by atoms with Crippen LogP contribution in [0.4, 0.5) is 5.82 Å². The van der Waals surface area contributed by atoms with Gasteiger partial charge in [0.1, 0.15) is 11.2 Å². The number of benzene rings is 1. The summed E-state index contributed by atoms with van der Waals surface area (Å²) in [5.41, 5.74) is 0.831. The highest BCUT2D eigenvalue weighted by Gasteiger charge is 2.36. The summed E-state index contributed by atoms with van der Waals surface area (Å²) in [5.74, 6) is -0.206. The van der Waals surface area contributed by atoms with Gasteiger partial charge in [0, 0.05) is 6.20 Å². The van der Waals surface area contributed by atoms with Crippen molar-refractivity contribution in [3.8, 4) is 0 Å². The van der Waals surface area contributed by atoms with Gasteiger partial charge in [0.25, 0.3) is 0 Å². The fraction of sp³-hybridized carbons (Fsp3) is 0.133. The van der Waals surface area contributed by atoms with E-state index in [0.29, 0.717) is 17.1 Å². The zero-order chi connectivity index (χ0) is 14.8. The van der Waals surface area contributed by atoms with Crippen molar-refractivity contribution < 1.29 is 14.7 Å². The molecule has 5 nitrogen and oxygen atoms in total. The summed E-state index contributed by atoms with van der Waals surface area (Å²) in [6.45, 7) is 0. The first-order valence-electron chi connectivity index (χ1n) is 6.35. The van der Waals surface area contributed by atoms with E-state index in [1.165, 1.54) is 11.8 Å². The highest BCUT2D eigenvalue weighted by Crippen LogP contribution is 2.42. The summed E-state index contributed by atoms with van der Waals surface area (Å²) < 4.78 is 0. The van der Waals surface area contributed by atoms with E-state index in [1.54, 1.807) is 53.6 Å². The molecule has 1 N–H and O–H groups in total. The molecular weight excluding hydrogens is 288 g/mol. The Hall–Kier alpha value is -2.34. The highest BCUT2D eigenvalue weighted by atomic mass is 32.2. The van der Waals surface area contributed by atoms with Gasteiger partial charge < -0.3 is 5.11 Å². The van der Waals surface area contributed by atoms with Crippen LogP contribution in [0.1, 0.15) is 21.3 Å². The molecule has 0 spiro atoms. The molecule has 0 bridgehead atoms. The van der Waals surface area contributed by atoms with E-state index in [2.05, 4.69) is 4.98 Å². The number of aromatic carboxylic acids is 1. The van der Waals surface area contributed by atoms with E-state index in [-0.39, 0.29) is 16.8 Å². The number of amides is 1. The average Bonchev–Trinajstić information content (AvgIpc) is 2.89. The molecule has 6 heteroatoms. The number of carboxylic acid groups (broad SMARTS) is 1. The van der Waals surface area contributed by atoms with Gasteiger partial charge >= 0.3 is 5.97 Å². The molecule has 106 valence electrons. The number of aromatic nitrogens is 1. The maximum absolute atomic E-state index is 12.2. The van der Waals surface area contributed by atoms with Crippen LogP contribution < -0.4 is 4.90 Å². The molecule has 1 atom stereocenters. The fourth-order valence-electron chi connectivity index (χ4n) is 2.31. The minimum atomic E-state index is -0.994. The van der Waals surface area contributed by atoms with Crippen LogP contribution in [-0.4, -0.2) is 27.7 Å². The van der Waals surface area contributed by atoms with E-state index < -0.39 is 5.97 Å². The predicted molar refractivity (Wildman–Crippen MR) is 80.3 cm³/mol. The van der Waals surface area contributed by atoms with Crippen molar-refractivity contribution in [3.05, 3.63) is 59.8 Å². The third-order valence-electron chi connectivity index (χ3n) is 3.22. The van der Waals surface area contributed by atoms with Gasteiger partial charge in [-0.25, -0.2) is 9.78 Å². The summed E-state index contributed by atoms with van der Waals surface area (Å²) in [7, 11) is 0. The largest absolute Gasteiger partial charge is 0.478 e. The zero-order valence-corrected chi connectivity index (χ0v) is 11.8. The van der Waals surface area contributed by atoms with Crippen molar-refractivity contribution in [1.29, 1.82) is 0 Å². The van der Waals surface area contributed by atoms with Gasteiger partial charge in [-0.1, -0.05) is 24.3 Å². The normalized spacial score (nSPS) is 18.0. The first-order chi connectivity index (χ1) is 10.2. The number of carbonyl (C=O) groups is 2. The molecule has 2 heterocycles. The highest BCUT2D eigenvalue weighted by molar-refractivity contribution is 8.00. The second-order valence-corrected chi connectivity index (χ2v) is 5.58. The molecular formula is C15H12N2O3S. The van der Waals surface area contributed by atoms with Crippen molar-refractivity contribution in [2.24, 2.45) is 0 Å². The Labute approximate surface area is 125 Å². The Balaban J connectivity index is 2.06. The molecule has 1 amide bonds. The van der Waals surface area contributed by atoms with E-state index in [4.69, 9.17) is 0 Å². The van der Waals surface area contributed by atoms with Crippen LogP contribution in [0.25, 0.3) is 0 Å². The quantitative estimate of drug-likeness (QED) is 0.943. The van der Waals surface area contributed by atoms with Gasteiger partial charge in [-0.05, 0) is 23.8 Å². The van der Waals surface area contributed by atoms with Crippen molar-refractivity contribution in [2.45, 2.75) is 5.37 Å². The third-order valence-corrected chi connectivity index (χ3v) is 4.42. The van der Waals surface area contributed by atoms with Gasteiger partial charge in [0.05, 0.1) is 11.3 Å². The SMILES string of the molecule is O=C(O)c1ccccc1C1SCC(=O)N1c1ccccn1. The molecule has 2 aromatic rings. The number of carbonyl (C=O) groups excluding carboxylic acids is 1.